The average Bonchev–Trinajstić information content (AvgIpc) is 2.29. The van der Waals surface area contributed by atoms with E-state index in [1.165, 1.54) is 11.1 Å². The normalized spacial score (nSPS) is 9.81. The van der Waals surface area contributed by atoms with Crippen LogP contribution in [-0.2, 0) is 0 Å². The van der Waals surface area contributed by atoms with Gasteiger partial charge in [-0.15, -0.1) is 0 Å². The Morgan fingerprint density at radius 1 is 1.12 bits per heavy atom. The zero-order valence-corrected chi connectivity index (χ0v) is 10.5. The minimum absolute atomic E-state index is 0.664. The Kier molecular flexibility index (Phi) is 3.07. The van der Waals surface area contributed by atoms with Crippen LogP contribution < -0.4 is 0 Å². The maximum atomic E-state index is 8.85. The molecule has 0 aliphatic carbocycles. The van der Waals surface area contributed by atoms with Crippen LogP contribution in [0.15, 0.2) is 46.9 Å². The smallest absolute Gasteiger partial charge is 0.100 e. The van der Waals surface area contributed by atoms with Gasteiger partial charge in [0.1, 0.15) is 6.07 Å². The molecular formula is C14H10BrN. The standard InChI is InChI=1S/C14H10BrN/c1-10-4-2-3-5-13(10)11-6-7-12(9-16)14(15)8-11/h2-8H,1H3. The van der Waals surface area contributed by atoms with Crippen molar-refractivity contribution in [1.29, 1.82) is 5.26 Å². The first-order valence-corrected chi connectivity index (χ1v) is 5.77. The van der Waals surface area contributed by atoms with Gasteiger partial charge in [-0.1, -0.05) is 30.3 Å². The molecule has 2 heteroatoms. The van der Waals surface area contributed by atoms with Crippen LogP contribution in [0.25, 0.3) is 11.1 Å². The molecule has 0 amide bonds. The van der Waals surface area contributed by atoms with Gasteiger partial charge < -0.3 is 0 Å². The van der Waals surface area contributed by atoms with E-state index in [4.69, 9.17) is 5.26 Å². The van der Waals surface area contributed by atoms with E-state index in [0.29, 0.717) is 5.56 Å². The molecule has 0 radical (unpaired) electrons. The van der Waals surface area contributed by atoms with Crippen molar-refractivity contribution in [3.8, 4) is 17.2 Å². The van der Waals surface area contributed by atoms with Crippen molar-refractivity contribution in [1.82, 2.24) is 0 Å². The maximum absolute atomic E-state index is 8.85. The quantitative estimate of drug-likeness (QED) is 0.759. The number of halogens is 1. The molecule has 0 unspecified atom stereocenters. The molecule has 0 fully saturated rings. The second kappa shape index (κ2) is 4.51. The van der Waals surface area contributed by atoms with Crippen molar-refractivity contribution in [2.75, 3.05) is 0 Å². The van der Waals surface area contributed by atoms with Gasteiger partial charge in [0.15, 0.2) is 0 Å². The minimum Gasteiger partial charge on any atom is -0.192 e. The van der Waals surface area contributed by atoms with Gasteiger partial charge >= 0.3 is 0 Å². The molecule has 2 rings (SSSR count). The summed E-state index contributed by atoms with van der Waals surface area (Å²) in [7, 11) is 0. The molecule has 0 saturated carbocycles. The van der Waals surface area contributed by atoms with Gasteiger partial charge in [-0.05, 0) is 51.7 Å². The molecule has 0 aliphatic heterocycles. The predicted molar refractivity (Wildman–Crippen MR) is 69.0 cm³/mol. The number of nitrogens with zero attached hydrogens (tertiary/aromatic N) is 1. The third kappa shape index (κ3) is 2.00. The summed E-state index contributed by atoms with van der Waals surface area (Å²) in [5.74, 6) is 0. The Bertz CT molecular complexity index is 567. The lowest BCUT2D eigenvalue weighted by Crippen LogP contribution is -1.84. The van der Waals surface area contributed by atoms with Crippen molar-refractivity contribution >= 4 is 15.9 Å². The van der Waals surface area contributed by atoms with Crippen LogP contribution in [0.1, 0.15) is 11.1 Å². The van der Waals surface area contributed by atoms with Crippen LogP contribution >= 0.6 is 15.9 Å². The van der Waals surface area contributed by atoms with Crippen molar-refractivity contribution in [3.63, 3.8) is 0 Å². The van der Waals surface area contributed by atoms with Crippen LogP contribution in [-0.4, -0.2) is 0 Å². The summed E-state index contributed by atoms with van der Waals surface area (Å²) in [4.78, 5) is 0. The van der Waals surface area contributed by atoms with Crippen LogP contribution in [0.3, 0.4) is 0 Å². The first-order valence-electron chi connectivity index (χ1n) is 4.98. The fraction of sp³-hybridized carbons (Fsp3) is 0.0714. The van der Waals surface area contributed by atoms with Crippen LogP contribution in [0.2, 0.25) is 0 Å². The molecule has 0 aromatic heterocycles. The molecule has 78 valence electrons. The molecule has 0 aliphatic rings. The van der Waals surface area contributed by atoms with E-state index in [1.807, 2.05) is 30.3 Å². The van der Waals surface area contributed by atoms with Gasteiger partial charge in [-0.2, -0.15) is 5.26 Å². The van der Waals surface area contributed by atoms with Gasteiger partial charge in [-0.25, -0.2) is 0 Å². The fourth-order valence-electron chi connectivity index (χ4n) is 1.67. The monoisotopic (exact) mass is 271 g/mol. The highest BCUT2D eigenvalue weighted by molar-refractivity contribution is 9.10. The largest absolute Gasteiger partial charge is 0.192 e. The minimum atomic E-state index is 0.664. The molecule has 0 saturated heterocycles. The molecular weight excluding hydrogens is 262 g/mol. The van der Waals surface area contributed by atoms with Crippen molar-refractivity contribution < 1.29 is 0 Å². The maximum Gasteiger partial charge on any atom is 0.100 e. The Morgan fingerprint density at radius 3 is 2.50 bits per heavy atom. The summed E-state index contributed by atoms with van der Waals surface area (Å²) in [6.45, 7) is 2.08. The Hall–Kier alpha value is -1.59. The van der Waals surface area contributed by atoms with E-state index in [2.05, 4.69) is 41.1 Å². The van der Waals surface area contributed by atoms with Crippen LogP contribution in [0.5, 0.6) is 0 Å². The summed E-state index contributed by atoms with van der Waals surface area (Å²) < 4.78 is 0.843. The van der Waals surface area contributed by atoms with Crippen LogP contribution in [0, 0.1) is 18.3 Å². The zero-order chi connectivity index (χ0) is 11.5. The number of aryl methyl sites for hydroxylation is 1. The zero-order valence-electron chi connectivity index (χ0n) is 8.87. The van der Waals surface area contributed by atoms with Crippen molar-refractivity contribution in [3.05, 3.63) is 58.1 Å². The highest BCUT2D eigenvalue weighted by atomic mass is 79.9. The lowest BCUT2D eigenvalue weighted by atomic mass is 10.00. The first kappa shape index (κ1) is 10.9. The van der Waals surface area contributed by atoms with E-state index in [1.54, 1.807) is 0 Å². The summed E-state index contributed by atoms with van der Waals surface area (Å²) in [5, 5.41) is 8.85. The molecule has 0 atom stereocenters. The van der Waals surface area contributed by atoms with Crippen molar-refractivity contribution in [2.45, 2.75) is 6.92 Å². The highest BCUT2D eigenvalue weighted by Crippen LogP contribution is 2.27. The van der Waals surface area contributed by atoms with Gasteiger partial charge in [0.25, 0.3) is 0 Å². The Balaban J connectivity index is 2.55. The SMILES string of the molecule is Cc1ccccc1-c1ccc(C#N)c(Br)c1. The molecule has 1 nitrogen and oxygen atoms in total. The lowest BCUT2D eigenvalue weighted by Gasteiger charge is -2.06. The topological polar surface area (TPSA) is 23.8 Å². The molecule has 0 bridgehead atoms. The molecule has 0 heterocycles. The number of benzene rings is 2. The van der Waals surface area contributed by atoms with Gasteiger partial charge in [-0.3, -0.25) is 0 Å². The third-order valence-electron chi connectivity index (χ3n) is 2.55. The second-order valence-electron chi connectivity index (χ2n) is 3.62. The van der Waals surface area contributed by atoms with Gasteiger partial charge in [0, 0.05) is 4.47 Å². The van der Waals surface area contributed by atoms with E-state index in [9.17, 15) is 0 Å². The van der Waals surface area contributed by atoms with Crippen LogP contribution in [0.4, 0.5) is 0 Å². The molecule has 2 aromatic rings. The highest BCUT2D eigenvalue weighted by Gasteiger charge is 2.04. The van der Waals surface area contributed by atoms with E-state index in [0.717, 1.165) is 10.0 Å². The molecule has 16 heavy (non-hydrogen) atoms. The summed E-state index contributed by atoms with van der Waals surface area (Å²) in [6.07, 6.45) is 0. The second-order valence-corrected chi connectivity index (χ2v) is 4.48. The summed E-state index contributed by atoms with van der Waals surface area (Å²) in [5.41, 5.74) is 4.23. The Labute approximate surface area is 103 Å². The molecule has 0 N–H and O–H groups in total. The molecule has 2 aromatic carbocycles. The van der Waals surface area contributed by atoms with Gasteiger partial charge in [0.05, 0.1) is 5.56 Å². The number of hydrogen-bond acceptors (Lipinski definition) is 1. The van der Waals surface area contributed by atoms with Gasteiger partial charge in [0.2, 0.25) is 0 Å². The number of nitriles is 1. The van der Waals surface area contributed by atoms with E-state index >= 15 is 0 Å². The number of hydrogen-bond donors (Lipinski definition) is 0. The fourth-order valence-corrected chi connectivity index (χ4v) is 2.14. The van der Waals surface area contributed by atoms with E-state index in [-0.39, 0.29) is 0 Å². The predicted octanol–water partition coefficient (Wildman–Crippen LogP) is 4.30. The van der Waals surface area contributed by atoms with E-state index < -0.39 is 0 Å². The summed E-state index contributed by atoms with van der Waals surface area (Å²) >= 11 is 3.41. The molecule has 0 spiro atoms. The van der Waals surface area contributed by atoms with Crippen molar-refractivity contribution in [2.24, 2.45) is 0 Å². The first-order chi connectivity index (χ1) is 7.72. The lowest BCUT2D eigenvalue weighted by molar-refractivity contribution is 1.43. The average molecular weight is 272 g/mol. The number of rotatable bonds is 1. The summed E-state index contributed by atoms with van der Waals surface area (Å²) in [6, 6.07) is 16.2. The Morgan fingerprint density at radius 2 is 1.88 bits per heavy atom. The third-order valence-corrected chi connectivity index (χ3v) is 3.20.